The summed E-state index contributed by atoms with van der Waals surface area (Å²) in [6, 6.07) is 18.0. The molecule has 1 N–H and O–H groups in total. The molecule has 1 aliphatic heterocycles. The van der Waals surface area contributed by atoms with Crippen molar-refractivity contribution in [2.45, 2.75) is 13.8 Å². The fourth-order valence-electron chi connectivity index (χ4n) is 3.29. The van der Waals surface area contributed by atoms with E-state index in [1.165, 1.54) is 0 Å². The number of nitrogens with zero attached hydrogens (tertiary/aromatic N) is 1. The minimum absolute atomic E-state index is 0.0748. The molecule has 0 unspecified atom stereocenters. The molecule has 138 valence electrons. The molecule has 5 heteroatoms. The van der Waals surface area contributed by atoms with Gasteiger partial charge in [-0.15, -0.1) is 0 Å². The van der Waals surface area contributed by atoms with E-state index in [0.717, 1.165) is 32.4 Å². The Morgan fingerprint density at radius 3 is 2.39 bits per heavy atom. The fraction of sp³-hybridized carbons (Fsp3) is 0.0870. The van der Waals surface area contributed by atoms with Crippen LogP contribution in [-0.4, -0.2) is 17.8 Å². The van der Waals surface area contributed by atoms with Gasteiger partial charge in [-0.2, -0.15) is 0 Å². The van der Waals surface area contributed by atoms with Gasteiger partial charge in [-0.25, -0.2) is 9.69 Å². The number of nitrogens with one attached hydrogen (secondary N) is 1. The van der Waals surface area contributed by atoms with Gasteiger partial charge in [0.15, 0.2) is 0 Å². The van der Waals surface area contributed by atoms with Gasteiger partial charge in [-0.3, -0.25) is 14.9 Å². The van der Waals surface area contributed by atoms with Crippen molar-refractivity contribution in [2.24, 2.45) is 0 Å². The highest BCUT2D eigenvalue weighted by Crippen LogP contribution is 2.26. The normalized spacial score (nSPS) is 16.0. The zero-order chi connectivity index (χ0) is 19.8. The number of benzene rings is 3. The summed E-state index contributed by atoms with van der Waals surface area (Å²) >= 11 is 0. The Morgan fingerprint density at radius 2 is 1.61 bits per heavy atom. The largest absolute Gasteiger partial charge is 0.335 e. The second-order valence-electron chi connectivity index (χ2n) is 6.79. The number of rotatable bonds is 2. The number of fused-ring (bicyclic) bond motifs is 1. The summed E-state index contributed by atoms with van der Waals surface area (Å²) in [5.74, 6) is -1.33. The van der Waals surface area contributed by atoms with E-state index < -0.39 is 17.8 Å². The molecule has 4 rings (SSSR count). The topological polar surface area (TPSA) is 66.5 Å². The van der Waals surface area contributed by atoms with Gasteiger partial charge >= 0.3 is 6.03 Å². The summed E-state index contributed by atoms with van der Waals surface area (Å²) in [6.07, 6.45) is 1.54. The average molecular weight is 370 g/mol. The second kappa shape index (κ2) is 6.78. The van der Waals surface area contributed by atoms with Gasteiger partial charge in [0.2, 0.25) is 0 Å². The van der Waals surface area contributed by atoms with Gasteiger partial charge in [0, 0.05) is 0 Å². The molecule has 0 saturated carbocycles. The maximum atomic E-state index is 13.1. The van der Waals surface area contributed by atoms with Crippen molar-refractivity contribution in [1.29, 1.82) is 0 Å². The zero-order valence-electron chi connectivity index (χ0n) is 15.5. The van der Waals surface area contributed by atoms with E-state index in [2.05, 4.69) is 5.32 Å². The third-order valence-electron chi connectivity index (χ3n) is 4.97. The first-order chi connectivity index (χ1) is 13.5. The monoisotopic (exact) mass is 370 g/mol. The number of imide groups is 2. The van der Waals surface area contributed by atoms with Gasteiger partial charge in [-0.05, 0) is 59.5 Å². The molecular weight excluding hydrogens is 352 g/mol. The number of barbiturate groups is 1. The Labute approximate surface area is 162 Å². The lowest BCUT2D eigenvalue weighted by Crippen LogP contribution is -2.54. The van der Waals surface area contributed by atoms with Crippen LogP contribution in [0.5, 0.6) is 0 Å². The number of aryl methyl sites for hydroxylation is 2. The summed E-state index contributed by atoms with van der Waals surface area (Å²) in [7, 11) is 0. The number of carbonyl (C=O) groups is 3. The smallest absolute Gasteiger partial charge is 0.273 e. The lowest BCUT2D eigenvalue weighted by molar-refractivity contribution is -0.122. The van der Waals surface area contributed by atoms with Crippen molar-refractivity contribution < 1.29 is 14.4 Å². The van der Waals surface area contributed by atoms with Crippen LogP contribution < -0.4 is 10.2 Å². The van der Waals surface area contributed by atoms with Crippen LogP contribution in [0.2, 0.25) is 0 Å². The number of hydrogen-bond donors (Lipinski definition) is 1. The summed E-state index contributed by atoms with van der Waals surface area (Å²) in [5, 5.41) is 4.20. The highest BCUT2D eigenvalue weighted by atomic mass is 16.2. The molecule has 1 saturated heterocycles. The predicted molar refractivity (Wildman–Crippen MR) is 109 cm³/mol. The van der Waals surface area contributed by atoms with Gasteiger partial charge in [0.05, 0.1) is 5.69 Å². The zero-order valence-corrected chi connectivity index (χ0v) is 15.5. The van der Waals surface area contributed by atoms with Crippen LogP contribution in [0.25, 0.3) is 16.8 Å². The van der Waals surface area contributed by atoms with Gasteiger partial charge < -0.3 is 0 Å². The Bertz CT molecular complexity index is 1170. The maximum Gasteiger partial charge on any atom is 0.335 e. The van der Waals surface area contributed by atoms with Crippen LogP contribution in [0.1, 0.15) is 16.7 Å². The molecule has 4 amide bonds. The van der Waals surface area contributed by atoms with Gasteiger partial charge in [0.25, 0.3) is 11.8 Å². The Kier molecular flexibility index (Phi) is 4.28. The van der Waals surface area contributed by atoms with E-state index in [1.54, 1.807) is 18.2 Å². The van der Waals surface area contributed by atoms with E-state index in [9.17, 15) is 14.4 Å². The van der Waals surface area contributed by atoms with Crippen molar-refractivity contribution >= 4 is 40.4 Å². The Balaban J connectivity index is 1.81. The molecule has 0 aliphatic carbocycles. The molecule has 1 fully saturated rings. The van der Waals surface area contributed by atoms with Crippen LogP contribution in [0.4, 0.5) is 10.5 Å². The standard InChI is InChI=1S/C23H18N2O3/c1-14-10-11-18(12-15(14)2)25-22(27)20(21(26)24-23(25)28)13-17-8-5-7-16-6-3-4-9-19(16)17/h3-13H,1-2H3,(H,24,26,28)/b20-13+. The number of urea groups is 1. The molecule has 0 bridgehead atoms. The molecule has 0 radical (unpaired) electrons. The average Bonchev–Trinajstić information content (AvgIpc) is 2.68. The molecule has 28 heavy (non-hydrogen) atoms. The Hall–Kier alpha value is -3.73. The van der Waals surface area contributed by atoms with Crippen LogP contribution >= 0.6 is 0 Å². The third-order valence-corrected chi connectivity index (χ3v) is 4.97. The molecule has 5 nitrogen and oxygen atoms in total. The number of amides is 4. The van der Waals surface area contributed by atoms with Crippen LogP contribution in [-0.2, 0) is 9.59 Å². The molecule has 1 heterocycles. The SMILES string of the molecule is Cc1ccc(N2C(=O)NC(=O)/C(=C\c3cccc4ccccc34)C2=O)cc1C. The second-order valence-corrected chi connectivity index (χ2v) is 6.79. The van der Waals surface area contributed by atoms with E-state index in [4.69, 9.17) is 0 Å². The van der Waals surface area contributed by atoms with Gasteiger partial charge in [0.1, 0.15) is 5.57 Å². The van der Waals surface area contributed by atoms with Crippen LogP contribution in [0.3, 0.4) is 0 Å². The lowest BCUT2D eigenvalue weighted by atomic mass is 10.0. The first-order valence-corrected chi connectivity index (χ1v) is 8.92. The number of anilines is 1. The van der Waals surface area contributed by atoms with Crippen molar-refractivity contribution in [2.75, 3.05) is 4.90 Å². The highest BCUT2D eigenvalue weighted by Gasteiger charge is 2.36. The summed E-state index contributed by atoms with van der Waals surface area (Å²) < 4.78 is 0. The summed E-state index contributed by atoms with van der Waals surface area (Å²) in [4.78, 5) is 38.8. The summed E-state index contributed by atoms with van der Waals surface area (Å²) in [5.41, 5.74) is 3.10. The van der Waals surface area contributed by atoms with Crippen LogP contribution in [0, 0.1) is 13.8 Å². The molecule has 1 aliphatic rings. The molecule has 3 aromatic rings. The first kappa shape index (κ1) is 17.7. The van der Waals surface area contributed by atoms with E-state index in [-0.39, 0.29) is 5.57 Å². The molecule has 0 aromatic heterocycles. The molecular formula is C23H18N2O3. The minimum Gasteiger partial charge on any atom is -0.273 e. The van der Waals surface area contributed by atoms with Gasteiger partial charge in [-0.1, -0.05) is 48.5 Å². The molecule has 0 atom stereocenters. The lowest BCUT2D eigenvalue weighted by Gasteiger charge is -2.27. The van der Waals surface area contributed by atoms with Crippen molar-refractivity contribution in [3.8, 4) is 0 Å². The summed E-state index contributed by atoms with van der Waals surface area (Å²) in [6.45, 7) is 3.86. The van der Waals surface area contributed by atoms with E-state index in [1.807, 2.05) is 62.4 Å². The van der Waals surface area contributed by atoms with Crippen molar-refractivity contribution in [3.63, 3.8) is 0 Å². The van der Waals surface area contributed by atoms with E-state index >= 15 is 0 Å². The molecule has 3 aromatic carbocycles. The maximum absolute atomic E-state index is 13.1. The molecule has 0 spiro atoms. The quantitative estimate of drug-likeness (QED) is 0.545. The minimum atomic E-state index is -0.742. The fourth-order valence-corrected chi connectivity index (χ4v) is 3.29. The van der Waals surface area contributed by atoms with E-state index in [0.29, 0.717) is 5.69 Å². The van der Waals surface area contributed by atoms with Crippen molar-refractivity contribution in [3.05, 3.63) is 82.9 Å². The third kappa shape index (κ3) is 2.97. The predicted octanol–water partition coefficient (Wildman–Crippen LogP) is 4.12. The number of hydrogen-bond acceptors (Lipinski definition) is 3. The Morgan fingerprint density at radius 1 is 0.857 bits per heavy atom. The van der Waals surface area contributed by atoms with Crippen molar-refractivity contribution in [1.82, 2.24) is 5.32 Å². The highest BCUT2D eigenvalue weighted by molar-refractivity contribution is 6.39. The van der Waals surface area contributed by atoms with Crippen LogP contribution in [0.15, 0.2) is 66.2 Å². The number of carbonyl (C=O) groups excluding carboxylic acids is 3. The first-order valence-electron chi connectivity index (χ1n) is 8.92.